The van der Waals surface area contributed by atoms with Crippen molar-refractivity contribution in [3.05, 3.63) is 59.4 Å². The summed E-state index contributed by atoms with van der Waals surface area (Å²) < 4.78 is 13.0. The van der Waals surface area contributed by atoms with Crippen LogP contribution in [0.15, 0.2) is 42.5 Å². The third-order valence-electron chi connectivity index (χ3n) is 4.53. The fraction of sp³-hybridized carbons (Fsp3) is 0.300. The highest BCUT2D eigenvalue weighted by Crippen LogP contribution is 2.31. The molecular formula is C20H21FN2O2. The number of hydrogen-bond acceptors (Lipinski definition) is 2. The Morgan fingerprint density at radius 1 is 1.20 bits per heavy atom. The Balaban J connectivity index is 1.67. The molecule has 0 saturated heterocycles. The molecule has 2 aromatic rings. The van der Waals surface area contributed by atoms with Gasteiger partial charge in [0.25, 0.3) is 0 Å². The topological polar surface area (TPSA) is 49.4 Å². The molecule has 1 atom stereocenters. The monoisotopic (exact) mass is 340 g/mol. The summed E-state index contributed by atoms with van der Waals surface area (Å²) in [5.41, 5.74) is 3.59. The summed E-state index contributed by atoms with van der Waals surface area (Å²) in [5.74, 6) is -0.625. The number of halogens is 1. The lowest BCUT2D eigenvalue weighted by Crippen LogP contribution is -2.26. The molecule has 0 bridgehead atoms. The van der Waals surface area contributed by atoms with Crippen LogP contribution in [-0.2, 0) is 22.4 Å². The smallest absolute Gasteiger partial charge is 0.227 e. The van der Waals surface area contributed by atoms with Crippen molar-refractivity contribution in [2.45, 2.75) is 26.7 Å². The van der Waals surface area contributed by atoms with Crippen LogP contribution in [0, 0.1) is 11.7 Å². The van der Waals surface area contributed by atoms with E-state index in [9.17, 15) is 14.0 Å². The average molecular weight is 340 g/mol. The van der Waals surface area contributed by atoms with Crippen molar-refractivity contribution in [1.29, 1.82) is 0 Å². The van der Waals surface area contributed by atoms with Gasteiger partial charge in [-0.1, -0.05) is 25.1 Å². The maximum Gasteiger partial charge on any atom is 0.227 e. The Morgan fingerprint density at radius 3 is 2.60 bits per heavy atom. The number of nitrogens with one attached hydrogen (secondary N) is 1. The normalized spacial score (nSPS) is 14.1. The fourth-order valence-electron chi connectivity index (χ4n) is 3.12. The van der Waals surface area contributed by atoms with Crippen LogP contribution in [-0.4, -0.2) is 18.4 Å². The van der Waals surface area contributed by atoms with Gasteiger partial charge in [0.05, 0.1) is 0 Å². The second kappa shape index (κ2) is 7.05. The lowest BCUT2D eigenvalue weighted by molar-refractivity contribution is -0.119. The molecule has 0 aliphatic carbocycles. The van der Waals surface area contributed by atoms with E-state index in [2.05, 4.69) is 5.32 Å². The Kier molecular flexibility index (Phi) is 4.83. The largest absolute Gasteiger partial charge is 0.326 e. The van der Waals surface area contributed by atoms with Crippen molar-refractivity contribution >= 4 is 23.2 Å². The number of hydrogen-bond donors (Lipinski definition) is 1. The molecule has 2 aromatic carbocycles. The van der Waals surface area contributed by atoms with E-state index in [0.717, 1.165) is 23.2 Å². The molecule has 1 heterocycles. The second-order valence-electron chi connectivity index (χ2n) is 6.49. The summed E-state index contributed by atoms with van der Waals surface area (Å²) >= 11 is 0. The van der Waals surface area contributed by atoms with Gasteiger partial charge >= 0.3 is 0 Å². The Hall–Kier alpha value is -2.69. The first kappa shape index (κ1) is 17.1. The van der Waals surface area contributed by atoms with E-state index in [4.69, 9.17) is 0 Å². The molecule has 1 N–H and O–H groups in total. The first-order valence-corrected chi connectivity index (χ1v) is 8.40. The summed E-state index contributed by atoms with van der Waals surface area (Å²) in [4.78, 5) is 25.9. The van der Waals surface area contributed by atoms with Crippen LogP contribution in [0.3, 0.4) is 0 Å². The van der Waals surface area contributed by atoms with Gasteiger partial charge < -0.3 is 10.2 Å². The molecule has 130 valence electrons. The van der Waals surface area contributed by atoms with E-state index < -0.39 is 0 Å². The third kappa shape index (κ3) is 3.87. The van der Waals surface area contributed by atoms with Crippen LogP contribution < -0.4 is 10.2 Å². The number of nitrogens with zero attached hydrogens (tertiary/aromatic N) is 1. The van der Waals surface area contributed by atoms with Gasteiger partial charge in [-0.2, -0.15) is 0 Å². The van der Waals surface area contributed by atoms with Crippen molar-refractivity contribution in [3.8, 4) is 0 Å². The molecule has 1 aliphatic rings. The van der Waals surface area contributed by atoms with Crippen molar-refractivity contribution in [1.82, 2.24) is 0 Å². The van der Waals surface area contributed by atoms with Crippen molar-refractivity contribution in [2.24, 2.45) is 5.92 Å². The van der Waals surface area contributed by atoms with Gasteiger partial charge in [0.15, 0.2) is 0 Å². The molecule has 5 heteroatoms. The summed E-state index contributed by atoms with van der Waals surface area (Å²) in [6.45, 7) is 4.07. The predicted octanol–water partition coefficient (Wildman–Crippen LogP) is 3.55. The summed E-state index contributed by atoms with van der Waals surface area (Å²) in [6.07, 6.45) is 1.38. The number of benzene rings is 2. The molecule has 3 rings (SSSR count). The second-order valence-corrected chi connectivity index (χ2v) is 6.49. The Labute approximate surface area is 146 Å². The molecule has 25 heavy (non-hydrogen) atoms. The molecule has 1 unspecified atom stereocenters. The van der Waals surface area contributed by atoms with Gasteiger partial charge in [0.2, 0.25) is 11.8 Å². The van der Waals surface area contributed by atoms with Crippen LogP contribution in [0.2, 0.25) is 0 Å². The molecule has 2 amide bonds. The highest BCUT2D eigenvalue weighted by atomic mass is 19.1. The molecule has 0 spiro atoms. The van der Waals surface area contributed by atoms with Crippen molar-refractivity contribution in [2.75, 3.05) is 16.8 Å². The van der Waals surface area contributed by atoms with Crippen molar-refractivity contribution in [3.63, 3.8) is 0 Å². The molecule has 1 aliphatic heterocycles. The summed E-state index contributed by atoms with van der Waals surface area (Å²) in [6, 6.07) is 11.9. The first-order chi connectivity index (χ1) is 11.9. The number of carbonyl (C=O) groups is 2. The quantitative estimate of drug-likeness (QED) is 0.925. The van der Waals surface area contributed by atoms with Crippen LogP contribution >= 0.6 is 0 Å². The van der Waals surface area contributed by atoms with Gasteiger partial charge in [-0.15, -0.1) is 0 Å². The molecule has 0 saturated carbocycles. The number of anilines is 2. The third-order valence-corrected chi connectivity index (χ3v) is 4.53. The lowest BCUT2D eigenvalue weighted by atomic mass is 10.00. The highest BCUT2D eigenvalue weighted by molar-refractivity contribution is 5.97. The Morgan fingerprint density at radius 2 is 1.92 bits per heavy atom. The molecule has 0 fully saturated rings. The number of carbonyl (C=O) groups excluding carboxylic acids is 2. The van der Waals surface area contributed by atoms with Crippen LogP contribution in [0.1, 0.15) is 25.0 Å². The van der Waals surface area contributed by atoms with Crippen LogP contribution in [0.25, 0.3) is 0 Å². The number of rotatable bonds is 4. The zero-order valence-electron chi connectivity index (χ0n) is 14.4. The van der Waals surface area contributed by atoms with E-state index >= 15 is 0 Å². The molecule has 4 nitrogen and oxygen atoms in total. The van der Waals surface area contributed by atoms with E-state index in [1.54, 1.807) is 24.0 Å². The number of fused-ring (bicyclic) bond motifs is 1. The van der Waals surface area contributed by atoms with E-state index in [-0.39, 0.29) is 23.5 Å². The maximum absolute atomic E-state index is 13.0. The zero-order chi connectivity index (χ0) is 18.0. The average Bonchev–Trinajstić information content (AvgIpc) is 3.00. The van der Waals surface area contributed by atoms with Gasteiger partial charge in [0.1, 0.15) is 5.82 Å². The molecular weight excluding hydrogens is 319 g/mol. The van der Waals surface area contributed by atoms with E-state index in [0.29, 0.717) is 18.7 Å². The minimum absolute atomic E-state index is 0.00639. The minimum Gasteiger partial charge on any atom is -0.326 e. The molecule has 0 aromatic heterocycles. The highest BCUT2D eigenvalue weighted by Gasteiger charge is 2.23. The first-order valence-electron chi connectivity index (χ1n) is 8.40. The fourth-order valence-corrected chi connectivity index (χ4v) is 3.12. The van der Waals surface area contributed by atoms with Crippen LogP contribution in [0.4, 0.5) is 15.8 Å². The van der Waals surface area contributed by atoms with E-state index in [1.165, 1.54) is 12.1 Å². The predicted molar refractivity (Wildman–Crippen MR) is 96.1 cm³/mol. The molecule has 0 radical (unpaired) electrons. The van der Waals surface area contributed by atoms with Crippen LogP contribution in [0.5, 0.6) is 0 Å². The Bertz CT molecular complexity index is 802. The minimum atomic E-state index is -0.283. The SMILES string of the molecule is CC(=O)N1CCc2ccc(NC(=O)C(C)Cc3ccc(F)cc3)cc21. The van der Waals surface area contributed by atoms with Gasteiger partial charge in [-0.25, -0.2) is 4.39 Å². The standard InChI is InChI=1S/C20H21FN2O2/c1-13(11-15-3-6-17(21)7-4-15)20(25)22-18-8-5-16-9-10-23(14(2)24)19(16)12-18/h3-8,12-13H,9-11H2,1-2H3,(H,22,25). The van der Waals surface area contributed by atoms with Gasteiger partial charge in [-0.3, -0.25) is 9.59 Å². The van der Waals surface area contributed by atoms with Gasteiger partial charge in [-0.05, 0) is 48.2 Å². The van der Waals surface area contributed by atoms with E-state index in [1.807, 2.05) is 25.1 Å². The summed E-state index contributed by atoms with van der Waals surface area (Å²) in [7, 11) is 0. The van der Waals surface area contributed by atoms with Crippen molar-refractivity contribution < 1.29 is 14.0 Å². The summed E-state index contributed by atoms with van der Waals surface area (Å²) in [5, 5.41) is 2.91. The number of amides is 2. The zero-order valence-corrected chi connectivity index (χ0v) is 14.4. The maximum atomic E-state index is 13.0. The lowest BCUT2D eigenvalue weighted by Gasteiger charge is -2.17. The van der Waals surface area contributed by atoms with Gasteiger partial charge in [0, 0.05) is 30.8 Å².